The van der Waals surface area contributed by atoms with E-state index in [0.717, 1.165) is 44.5 Å². The lowest BCUT2D eigenvalue weighted by atomic mass is 10.2. The zero-order valence-electron chi connectivity index (χ0n) is 19.3. The van der Waals surface area contributed by atoms with E-state index in [2.05, 4.69) is 57.9 Å². The third-order valence-corrected chi connectivity index (χ3v) is 6.76. The zero-order chi connectivity index (χ0) is 24.5. The van der Waals surface area contributed by atoms with Crippen LogP contribution in [0, 0.1) is 18.6 Å². The van der Waals surface area contributed by atoms with Crippen LogP contribution in [0.3, 0.4) is 0 Å². The molecule has 5 rings (SSSR count). The van der Waals surface area contributed by atoms with Crippen LogP contribution in [0.25, 0.3) is 10.9 Å². The molecule has 3 aromatic heterocycles. The quantitative estimate of drug-likeness (QED) is 0.337. The Morgan fingerprint density at radius 1 is 1.11 bits per heavy atom. The van der Waals surface area contributed by atoms with Gasteiger partial charge in [0.15, 0.2) is 23.2 Å². The minimum absolute atomic E-state index is 0.0397. The summed E-state index contributed by atoms with van der Waals surface area (Å²) in [7, 11) is 0. The summed E-state index contributed by atoms with van der Waals surface area (Å²) in [5, 5.41) is 3.23. The molecule has 0 atom stereocenters. The van der Waals surface area contributed by atoms with Gasteiger partial charge in [0.25, 0.3) is 0 Å². The fourth-order valence-corrected chi connectivity index (χ4v) is 4.50. The maximum atomic E-state index is 15.0. The highest BCUT2D eigenvalue weighted by atomic mass is 79.9. The van der Waals surface area contributed by atoms with Crippen LogP contribution in [0.15, 0.2) is 41.3 Å². The van der Waals surface area contributed by atoms with Crippen LogP contribution in [0.2, 0.25) is 0 Å². The van der Waals surface area contributed by atoms with Crippen molar-refractivity contribution < 1.29 is 13.5 Å². The molecule has 0 saturated carbocycles. The summed E-state index contributed by atoms with van der Waals surface area (Å²) < 4.78 is 35.4. The summed E-state index contributed by atoms with van der Waals surface area (Å²) in [5.74, 6) is -0.571. The molecular formula is C24H24BrF2N7O. The second-order valence-electron chi connectivity index (χ2n) is 8.30. The van der Waals surface area contributed by atoms with Gasteiger partial charge in [0, 0.05) is 43.3 Å². The Morgan fingerprint density at radius 3 is 2.63 bits per heavy atom. The minimum atomic E-state index is -0.678. The number of pyridine rings is 1. The zero-order valence-corrected chi connectivity index (χ0v) is 20.9. The molecular weight excluding hydrogens is 520 g/mol. The second kappa shape index (κ2) is 9.74. The van der Waals surface area contributed by atoms with Crippen LogP contribution in [0.4, 0.5) is 26.1 Å². The van der Waals surface area contributed by atoms with Crippen LogP contribution in [-0.4, -0.2) is 57.6 Å². The number of nitrogens with one attached hydrogen (secondary N) is 2. The van der Waals surface area contributed by atoms with E-state index in [1.165, 1.54) is 12.4 Å². The predicted molar refractivity (Wildman–Crippen MR) is 135 cm³/mol. The fourth-order valence-electron chi connectivity index (χ4n) is 4.12. The van der Waals surface area contributed by atoms with Gasteiger partial charge in [0.05, 0.1) is 17.4 Å². The Bertz CT molecular complexity index is 1350. The molecule has 8 nitrogen and oxygen atoms in total. The van der Waals surface area contributed by atoms with E-state index in [1.807, 2.05) is 18.3 Å². The molecule has 4 aromatic rings. The average molecular weight is 544 g/mol. The first kappa shape index (κ1) is 23.4. The first-order chi connectivity index (χ1) is 16.9. The summed E-state index contributed by atoms with van der Waals surface area (Å²) in [6, 6.07) is 6.40. The molecule has 0 radical (unpaired) electrons. The van der Waals surface area contributed by atoms with Gasteiger partial charge in [0.1, 0.15) is 16.6 Å². The van der Waals surface area contributed by atoms with E-state index in [9.17, 15) is 8.78 Å². The number of halogens is 3. The number of nitrogens with zero attached hydrogens (tertiary/aromatic N) is 5. The summed E-state index contributed by atoms with van der Waals surface area (Å²) >= 11 is 3.41. The second-order valence-corrected chi connectivity index (χ2v) is 9.10. The number of hydrogen-bond acceptors (Lipinski definition) is 7. The van der Waals surface area contributed by atoms with Gasteiger partial charge in [-0.2, -0.15) is 0 Å². The maximum absolute atomic E-state index is 15.0. The van der Waals surface area contributed by atoms with Gasteiger partial charge < -0.3 is 24.8 Å². The molecule has 1 aliphatic heterocycles. The molecule has 1 fully saturated rings. The van der Waals surface area contributed by atoms with E-state index >= 15 is 0 Å². The highest BCUT2D eigenvalue weighted by molar-refractivity contribution is 9.10. The summed E-state index contributed by atoms with van der Waals surface area (Å²) in [6.07, 6.45) is 3.10. The molecule has 182 valence electrons. The van der Waals surface area contributed by atoms with E-state index in [0.29, 0.717) is 21.8 Å². The van der Waals surface area contributed by atoms with Crippen molar-refractivity contribution in [3.63, 3.8) is 0 Å². The van der Waals surface area contributed by atoms with E-state index in [1.54, 1.807) is 6.92 Å². The average Bonchev–Trinajstić information content (AvgIpc) is 3.28. The van der Waals surface area contributed by atoms with E-state index < -0.39 is 11.6 Å². The largest absolute Gasteiger partial charge is 0.434 e. The number of anilines is 3. The highest BCUT2D eigenvalue weighted by Crippen LogP contribution is 2.37. The SMILES string of the molecule is CCN1CCN(c2ccc(Nc3ncnc(Oc4cc(F)c5[nH]c(C)cc5c4F)c3Br)nc2)CC1. The van der Waals surface area contributed by atoms with Gasteiger partial charge in [-0.05, 0) is 47.6 Å². The van der Waals surface area contributed by atoms with Gasteiger partial charge in [-0.15, -0.1) is 0 Å². The third-order valence-electron chi connectivity index (χ3n) is 6.04. The van der Waals surface area contributed by atoms with Crippen molar-refractivity contribution >= 4 is 44.2 Å². The summed E-state index contributed by atoms with van der Waals surface area (Å²) in [6.45, 7) is 8.97. The van der Waals surface area contributed by atoms with Gasteiger partial charge in [-0.3, -0.25) is 0 Å². The fraction of sp³-hybridized carbons (Fsp3) is 0.292. The van der Waals surface area contributed by atoms with Crippen molar-refractivity contribution in [3.8, 4) is 11.6 Å². The van der Waals surface area contributed by atoms with Gasteiger partial charge in [-0.25, -0.2) is 23.7 Å². The predicted octanol–water partition coefficient (Wildman–Crippen LogP) is 5.38. The third kappa shape index (κ3) is 4.78. The molecule has 11 heteroatoms. The Labute approximate surface area is 209 Å². The Morgan fingerprint density at radius 2 is 1.91 bits per heavy atom. The van der Waals surface area contributed by atoms with Crippen molar-refractivity contribution in [2.24, 2.45) is 0 Å². The molecule has 0 spiro atoms. The Kier molecular flexibility index (Phi) is 6.52. The van der Waals surface area contributed by atoms with Crippen molar-refractivity contribution in [2.45, 2.75) is 13.8 Å². The molecule has 1 saturated heterocycles. The number of benzene rings is 1. The molecule has 0 aliphatic carbocycles. The van der Waals surface area contributed by atoms with Gasteiger partial charge in [-0.1, -0.05) is 6.92 Å². The van der Waals surface area contributed by atoms with Crippen molar-refractivity contribution in [1.29, 1.82) is 0 Å². The van der Waals surface area contributed by atoms with Crippen molar-refractivity contribution in [2.75, 3.05) is 42.9 Å². The lowest BCUT2D eigenvalue weighted by Crippen LogP contribution is -2.46. The van der Waals surface area contributed by atoms with Crippen LogP contribution in [-0.2, 0) is 0 Å². The Balaban J connectivity index is 1.33. The normalized spacial score (nSPS) is 14.5. The number of aryl methyl sites for hydroxylation is 1. The van der Waals surface area contributed by atoms with Crippen LogP contribution in [0.1, 0.15) is 12.6 Å². The molecule has 0 bridgehead atoms. The van der Waals surface area contributed by atoms with Crippen LogP contribution < -0.4 is 15.0 Å². The number of fused-ring (bicyclic) bond motifs is 1. The smallest absolute Gasteiger partial charge is 0.239 e. The maximum Gasteiger partial charge on any atom is 0.239 e. The van der Waals surface area contributed by atoms with Crippen molar-refractivity contribution in [1.82, 2.24) is 24.8 Å². The number of ether oxygens (including phenoxy) is 1. The lowest BCUT2D eigenvalue weighted by Gasteiger charge is -2.35. The molecule has 35 heavy (non-hydrogen) atoms. The molecule has 4 heterocycles. The van der Waals surface area contributed by atoms with E-state index in [4.69, 9.17) is 4.74 Å². The molecule has 1 aromatic carbocycles. The number of aromatic nitrogens is 4. The number of rotatable bonds is 6. The first-order valence-electron chi connectivity index (χ1n) is 11.3. The highest BCUT2D eigenvalue weighted by Gasteiger charge is 2.20. The number of piperazine rings is 1. The van der Waals surface area contributed by atoms with E-state index in [-0.39, 0.29) is 22.5 Å². The summed E-state index contributed by atoms with van der Waals surface area (Å²) in [4.78, 5) is 20.3. The van der Waals surface area contributed by atoms with Gasteiger partial charge in [0.2, 0.25) is 5.88 Å². The molecule has 1 aliphatic rings. The lowest BCUT2D eigenvalue weighted by molar-refractivity contribution is 0.271. The van der Waals surface area contributed by atoms with Crippen LogP contribution in [0.5, 0.6) is 11.6 Å². The van der Waals surface area contributed by atoms with Crippen LogP contribution >= 0.6 is 15.9 Å². The number of likely N-dealkylation sites (N-methyl/N-ethyl adjacent to an activating group) is 1. The standard InChI is InChI=1S/C24H24BrF2N7O/c1-3-33-6-8-34(9-7-33)15-4-5-19(28-12-15)32-23-20(25)24(30-13-29-23)35-18-11-17(26)22-16(21(18)27)10-14(2)31-22/h4-5,10-13,31H,3,6-9H2,1-2H3,(H,28,29,30,32). The topological polar surface area (TPSA) is 82.2 Å². The molecule has 0 amide bonds. The number of aromatic amines is 1. The summed E-state index contributed by atoms with van der Waals surface area (Å²) in [5.41, 5.74) is 1.80. The van der Waals surface area contributed by atoms with Gasteiger partial charge >= 0.3 is 0 Å². The monoisotopic (exact) mass is 543 g/mol. The first-order valence-corrected chi connectivity index (χ1v) is 12.1. The minimum Gasteiger partial charge on any atom is -0.434 e. The number of H-pyrrole nitrogens is 1. The number of hydrogen-bond donors (Lipinski definition) is 2. The van der Waals surface area contributed by atoms with Crippen molar-refractivity contribution in [3.05, 3.63) is 58.6 Å². The molecule has 2 N–H and O–H groups in total. The molecule has 0 unspecified atom stereocenters. The Hall–Kier alpha value is -3.31.